The third-order valence-corrected chi connectivity index (χ3v) is 2.56. The number of hydrogen-bond donors (Lipinski definition) is 1. The van der Waals surface area contributed by atoms with Gasteiger partial charge in [0.2, 0.25) is 0 Å². The van der Waals surface area contributed by atoms with Gasteiger partial charge in [0, 0.05) is 19.6 Å². The lowest BCUT2D eigenvalue weighted by Gasteiger charge is -2.36. The molecule has 1 N–H and O–H groups in total. The third kappa shape index (κ3) is 3.11. The van der Waals surface area contributed by atoms with Crippen LogP contribution in [0.25, 0.3) is 0 Å². The minimum absolute atomic E-state index is 0.395. The summed E-state index contributed by atoms with van der Waals surface area (Å²) in [5.41, 5.74) is -0.395. The molecule has 12 heavy (non-hydrogen) atoms. The van der Waals surface area contributed by atoms with Gasteiger partial charge in [-0.3, -0.25) is 0 Å². The molecule has 0 spiro atoms. The molecule has 0 aromatic carbocycles. The average Bonchev–Trinajstić information content (AvgIpc) is 1.93. The largest absolute Gasteiger partial charge is 0.390 e. The second kappa shape index (κ2) is 3.75. The highest BCUT2D eigenvalue weighted by atomic mass is 16.3. The number of aliphatic hydroxyl groups is 1. The predicted molar refractivity (Wildman–Crippen MR) is 51.1 cm³/mol. The van der Waals surface area contributed by atoms with Gasteiger partial charge in [-0.25, -0.2) is 0 Å². The van der Waals surface area contributed by atoms with Crippen molar-refractivity contribution in [1.82, 2.24) is 4.90 Å². The molecule has 72 valence electrons. The molecule has 0 atom stereocenters. The van der Waals surface area contributed by atoms with Gasteiger partial charge in [0.15, 0.2) is 0 Å². The topological polar surface area (TPSA) is 23.5 Å². The number of nitrogens with zero attached hydrogens (tertiary/aromatic N) is 1. The van der Waals surface area contributed by atoms with Gasteiger partial charge in [-0.15, -0.1) is 0 Å². The summed E-state index contributed by atoms with van der Waals surface area (Å²) in [6.45, 7) is 9.73. The molecule has 0 amide bonds. The summed E-state index contributed by atoms with van der Waals surface area (Å²) < 4.78 is 0. The molecule has 2 nitrogen and oxygen atoms in total. The van der Waals surface area contributed by atoms with Crippen LogP contribution in [0.15, 0.2) is 0 Å². The molecule has 0 aliphatic carbocycles. The van der Waals surface area contributed by atoms with Crippen molar-refractivity contribution in [3.05, 3.63) is 0 Å². The lowest BCUT2D eigenvalue weighted by Crippen LogP contribution is -2.43. The maximum absolute atomic E-state index is 9.70. The van der Waals surface area contributed by atoms with Gasteiger partial charge in [0.1, 0.15) is 0 Å². The summed E-state index contributed by atoms with van der Waals surface area (Å²) >= 11 is 0. The van der Waals surface area contributed by atoms with Crippen LogP contribution in [0.3, 0.4) is 0 Å². The Kier molecular flexibility index (Phi) is 3.13. The minimum atomic E-state index is -0.395. The zero-order valence-electron chi connectivity index (χ0n) is 8.51. The van der Waals surface area contributed by atoms with Gasteiger partial charge in [-0.2, -0.15) is 0 Å². The van der Waals surface area contributed by atoms with Crippen LogP contribution in [-0.4, -0.2) is 35.2 Å². The normalized spacial score (nSPS) is 24.8. The van der Waals surface area contributed by atoms with E-state index in [0.717, 1.165) is 31.8 Å². The number of likely N-dealkylation sites (tertiary alicyclic amines) is 1. The molecular formula is C10H21NO. The van der Waals surface area contributed by atoms with Crippen molar-refractivity contribution in [1.29, 1.82) is 0 Å². The van der Waals surface area contributed by atoms with E-state index in [0.29, 0.717) is 0 Å². The van der Waals surface area contributed by atoms with Crippen LogP contribution < -0.4 is 0 Å². The Bertz CT molecular complexity index is 133. The summed E-state index contributed by atoms with van der Waals surface area (Å²) in [5.74, 6) is 0.744. The Morgan fingerprint density at radius 1 is 1.33 bits per heavy atom. The molecule has 0 radical (unpaired) electrons. The Hall–Kier alpha value is -0.0800. The molecule has 1 heterocycles. The van der Waals surface area contributed by atoms with Crippen LogP contribution in [-0.2, 0) is 0 Å². The molecule has 1 rings (SSSR count). The molecule has 1 fully saturated rings. The van der Waals surface area contributed by atoms with E-state index in [4.69, 9.17) is 0 Å². The molecule has 0 unspecified atom stereocenters. The van der Waals surface area contributed by atoms with Crippen molar-refractivity contribution in [2.24, 2.45) is 5.92 Å². The smallest absolute Gasteiger partial charge is 0.0644 e. The summed E-state index contributed by atoms with van der Waals surface area (Å²) in [7, 11) is 0. The molecule has 0 aromatic rings. The van der Waals surface area contributed by atoms with Crippen molar-refractivity contribution >= 4 is 0 Å². The van der Waals surface area contributed by atoms with E-state index in [-0.39, 0.29) is 0 Å². The van der Waals surface area contributed by atoms with Crippen molar-refractivity contribution in [2.45, 2.75) is 39.2 Å². The zero-order valence-corrected chi connectivity index (χ0v) is 8.51. The van der Waals surface area contributed by atoms with Crippen molar-refractivity contribution in [3.63, 3.8) is 0 Å². The molecule has 1 saturated heterocycles. The summed E-state index contributed by atoms with van der Waals surface area (Å²) in [6.07, 6.45) is 1.86. The molecule has 1 aliphatic heterocycles. The van der Waals surface area contributed by atoms with E-state index >= 15 is 0 Å². The van der Waals surface area contributed by atoms with Crippen LogP contribution >= 0.6 is 0 Å². The van der Waals surface area contributed by atoms with Crippen molar-refractivity contribution in [2.75, 3.05) is 19.6 Å². The monoisotopic (exact) mass is 171 g/mol. The molecule has 0 aromatic heterocycles. The molecule has 0 saturated carbocycles. The molecule has 1 aliphatic rings. The van der Waals surface area contributed by atoms with Crippen LogP contribution in [0.2, 0.25) is 0 Å². The van der Waals surface area contributed by atoms with E-state index in [9.17, 15) is 5.11 Å². The fourth-order valence-electron chi connectivity index (χ4n) is 1.73. The second-order valence-corrected chi connectivity index (χ2v) is 4.69. The zero-order chi connectivity index (χ0) is 9.19. The van der Waals surface area contributed by atoms with Gasteiger partial charge >= 0.3 is 0 Å². The molecule has 2 heteroatoms. The Morgan fingerprint density at radius 2 is 1.83 bits per heavy atom. The van der Waals surface area contributed by atoms with Crippen LogP contribution in [0, 0.1) is 5.92 Å². The standard InChI is InChI=1S/C10H21NO/c1-9(2)8-11-6-4-10(3,12)5-7-11/h9,12H,4-8H2,1-3H3. The van der Waals surface area contributed by atoms with Crippen LogP contribution in [0.1, 0.15) is 33.6 Å². The maximum atomic E-state index is 9.70. The van der Waals surface area contributed by atoms with Crippen molar-refractivity contribution < 1.29 is 5.11 Å². The van der Waals surface area contributed by atoms with E-state index in [1.807, 2.05) is 6.92 Å². The minimum Gasteiger partial charge on any atom is -0.390 e. The SMILES string of the molecule is CC(C)CN1CCC(C)(O)CC1. The quantitative estimate of drug-likeness (QED) is 0.680. The first kappa shape index (κ1) is 10.0. The van der Waals surface area contributed by atoms with Crippen LogP contribution in [0.5, 0.6) is 0 Å². The lowest BCUT2D eigenvalue weighted by molar-refractivity contribution is -0.00769. The Labute approximate surface area is 75.6 Å². The van der Waals surface area contributed by atoms with E-state index in [1.54, 1.807) is 0 Å². The van der Waals surface area contributed by atoms with Gasteiger partial charge in [0.25, 0.3) is 0 Å². The van der Waals surface area contributed by atoms with Crippen LogP contribution in [0.4, 0.5) is 0 Å². The predicted octanol–water partition coefficient (Wildman–Crippen LogP) is 1.49. The van der Waals surface area contributed by atoms with Gasteiger partial charge in [-0.1, -0.05) is 13.8 Å². The maximum Gasteiger partial charge on any atom is 0.0644 e. The number of hydrogen-bond acceptors (Lipinski definition) is 2. The number of piperidine rings is 1. The van der Waals surface area contributed by atoms with Crippen molar-refractivity contribution in [3.8, 4) is 0 Å². The Balaban J connectivity index is 2.27. The van der Waals surface area contributed by atoms with E-state index < -0.39 is 5.60 Å². The summed E-state index contributed by atoms with van der Waals surface area (Å²) in [5, 5.41) is 9.70. The molecular weight excluding hydrogens is 150 g/mol. The summed E-state index contributed by atoms with van der Waals surface area (Å²) in [6, 6.07) is 0. The highest BCUT2D eigenvalue weighted by molar-refractivity contribution is 4.81. The first-order valence-electron chi connectivity index (χ1n) is 4.94. The van der Waals surface area contributed by atoms with Gasteiger partial charge in [0.05, 0.1) is 5.60 Å². The first-order chi connectivity index (χ1) is 5.49. The molecule has 0 bridgehead atoms. The third-order valence-electron chi connectivity index (χ3n) is 2.56. The highest BCUT2D eigenvalue weighted by Gasteiger charge is 2.27. The Morgan fingerprint density at radius 3 is 2.25 bits per heavy atom. The fraction of sp³-hybridized carbons (Fsp3) is 1.00. The van der Waals surface area contributed by atoms with Gasteiger partial charge < -0.3 is 10.0 Å². The summed E-state index contributed by atoms with van der Waals surface area (Å²) in [4.78, 5) is 2.45. The van der Waals surface area contributed by atoms with E-state index in [1.165, 1.54) is 6.54 Å². The van der Waals surface area contributed by atoms with Gasteiger partial charge in [-0.05, 0) is 25.7 Å². The lowest BCUT2D eigenvalue weighted by atomic mass is 9.93. The average molecular weight is 171 g/mol. The fourth-order valence-corrected chi connectivity index (χ4v) is 1.73. The number of rotatable bonds is 2. The highest BCUT2D eigenvalue weighted by Crippen LogP contribution is 2.21. The van der Waals surface area contributed by atoms with E-state index in [2.05, 4.69) is 18.7 Å². The first-order valence-corrected chi connectivity index (χ1v) is 4.94. The second-order valence-electron chi connectivity index (χ2n) is 4.69.